The molecule has 6 nitrogen and oxygen atoms in total. The van der Waals surface area contributed by atoms with E-state index >= 15 is 0 Å². The molecule has 1 unspecified atom stereocenters. The van der Waals surface area contributed by atoms with Crippen molar-refractivity contribution in [3.63, 3.8) is 0 Å². The van der Waals surface area contributed by atoms with Crippen LogP contribution in [0.4, 0.5) is 5.82 Å². The minimum atomic E-state index is -0.667. The van der Waals surface area contributed by atoms with Crippen LogP contribution in [0.25, 0.3) is 0 Å². The summed E-state index contributed by atoms with van der Waals surface area (Å²) in [6.45, 7) is 6.47. The summed E-state index contributed by atoms with van der Waals surface area (Å²) in [6, 6.07) is 18.3. The maximum Gasteiger partial charge on any atom is 0.229 e. The molecule has 1 amide bonds. The van der Waals surface area contributed by atoms with Crippen LogP contribution in [0.2, 0.25) is 0 Å². The summed E-state index contributed by atoms with van der Waals surface area (Å²) in [6.07, 6.45) is 2.01. The van der Waals surface area contributed by atoms with E-state index in [2.05, 4.69) is 29.5 Å². The molecule has 0 bridgehead atoms. The smallest absolute Gasteiger partial charge is 0.229 e. The summed E-state index contributed by atoms with van der Waals surface area (Å²) in [7, 11) is 0. The van der Waals surface area contributed by atoms with Crippen LogP contribution in [0.3, 0.4) is 0 Å². The molecule has 0 aliphatic carbocycles. The number of aliphatic hydroxyl groups excluding tert-OH is 1. The first kappa shape index (κ1) is 23.4. The highest BCUT2D eigenvalue weighted by Gasteiger charge is 2.20. The van der Waals surface area contributed by atoms with Crippen molar-refractivity contribution in [2.75, 3.05) is 11.9 Å². The number of amides is 1. The third-order valence-electron chi connectivity index (χ3n) is 5.32. The zero-order valence-corrected chi connectivity index (χ0v) is 18.8. The SMILES string of the molecule is Cc1cccnc1NC(=O)Cc1cccc(CC(C)(C)NCC(O)c2ccc(O)cc2)c1. The minimum absolute atomic E-state index is 0.0987. The zero-order chi connectivity index (χ0) is 23.1. The predicted molar refractivity (Wildman–Crippen MR) is 127 cm³/mol. The molecule has 0 spiro atoms. The van der Waals surface area contributed by atoms with Crippen molar-refractivity contribution in [2.24, 2.45) is 0 Å². The predicted octanol–water partition coefficient (Wildman–Crippen LogP) is 3.92. The average molecular weight is 434 g/mol. The first-order valence-electron chi connectivity index (χ1n) is 10.7. The van der Waals surface area contributed by atoms with Gasteiger partial charge in [0.05, 0.1) is 12.5 Å². The van der Waals surface area contributed by atoms with E-state index in [0.29, 0.717) is 12.4 Å². The number of anilines is 1. The molecule has 0 aliphatic heterocycles. The average Bonchev–Trinajstić information content (AvgIpc) is 2.74. The number of aryl methyl sites for hydroxylation is 1. The molecule has 4 N–H and O–H groups in total. The van der Waals surface area contributed by atoms with Crippen molar-refractivity contribution in [2.45, 2.75) is 45.3 Å². The summed E-state index contributed by atoms with van der Waals surface area (Å²) < 4.78 is 0. The Kier molecular flexibility index (Phi) is 7.62. The van der Waals surface area contributed by atoms with Crippen LogP contribution in [0.15, 0.2) is 66.9 Å². The Morgan fingerprint density at radius 3 is 2.50 bits per heavy atom. The summed E-state index contributed by atoms with van der Waals surface area (Å²) in [5, 5.41) is 26.1. The van der Waals surface area contributed by atoms with Crippen molar-refractivity contribution in [3.05, 3.63) is 89.1 Å². The third-order valence-corrected chi connectivity index (χ3v) is 5.32. The Bertz CT molecular complexity index is 1050. The molecule has 1 atom stereocenters. The van der Waals surface area contributed by atoms with Crippen molar-refractivity contribution in [1.29, 1.82) is 0 Å². The molecule has 0 saturated carbocycles. The number of benzene rings is 2. The highest BCUT2D eigenvalue weighted by molar-refractivity contribution is 5.91. The molecule has 2 aromatic carbocycles. The van der Waals surface area contributed by atoms with Crippen molar-refractivity contribution >= 4 is 11.7 Å². The topological polar surface area (TPSA) is 94.5 Å². The highest BCUT2D eigenvalue weighted by Crippen LogP contribution is 2.19. The number of aliphatic hydroxyl groups is 1. The lowest BCUT2D eigenvalue weighted by Crippen LogP contribution is -2.43. The molecule has 0 fully saturated rings. The Morgan fingerprint density at radius 2 is 1.78 bits per heavy atom. The molecule has 0 aliphatic rings. The maximum atomic E-state index is 12.5. The van der Waals surface area contributed by atoms with E-state index in [1.54, 1.807) is 30.5 Å². The largest absolute Gasteiger partial charge is 0.508 e. The quantitative estimate of drug-likeness (QED) is 0.410. The normalized spacial score (nSPS) is 12.4. The number of carbonyl (C=O) groups excluding carboxylic acids is 1. The molecular formula is C26H31N3O3. The third kappa shape index (κ3) is 6.90. The summed E-state index contributed by atoms with van der Waals surface area (Å²) in [5.74, 6) is 0.669. The number of rotatable bonds is 9. The van der Waals surface area contributed by atoms with Gasteiger partial charge >= 0.3 is 0 Å². The Balaban J connectivity index is 1.56. The highest BCUT2D eigenvalue weighted by atomic mass is 16.3. The van der Waals surface area contributed by atoms with Gasteiger partial charge in [-0.05, 0) is 67.6 Å². The number of carbonyl (C=O) groups is 1. The van der Waals surface area contributed by atoms with Crippen LogP contribution in [-0.2, 0) is 17.6 Å². The number of aromatic nitrogens is 1. The molecule has 6 heteroatoms. The number of phenols is 1. The fourth-order valence-corrected chi connectivity index (χ4v) is 3.59. The zero-order valence-electron chi connectivity index (χ0n) is 18.8. The van der Waals surface area contributed by atoms with E-state index < -0.39 is 6.10 Å². The van der Waals surface area contributed by atoms with Gasteiger partial charge in [-0.25, -0.2) is 4.98 Å². The van der Waals surface area contributed by atoms with E-state index in [1.807, 2.05) is 43.3 Å². The second kappa shape index (κ2) is 10.4. The monoisotopic (exact) mass is 433 g/mol. The Labute approximate surface area is 189 Å². The number of hydrogen-bond donors (Lipinski definition) is 4. The van der Waals surface area contributed by atoms with Crippen LogP contribution in [-0.4, -0.2) is 33.2 Å². The molecule has 1 heterocycles. The summed E-state index contributed by atoms with van der Waals surface area (Å²) in [5.41, 5.74) is 3.47. The summed E-state index contributed by atoms with van der Waals surface area (Å²) >= 11 is 0. The van der Waals surface area contributed by atoms with E-state index in [-0.39, 0.29) is 23.6 Å². The lowest BCUT2D eigenvalue weighted by molar-refractivity contribution is -0.115. The van der Waals surface area contributed by atoms with Crippen LogP contribution in [0.5, 0.6) is 5.75 Å². The standard InChI is InChI=1S/C26H31N3O3/c1-18-6-5-13-27-25(18)29-24(32)15-19-7-4-8-20(14-19)16-26(2,3)28-17-23(31)21-9-11-22(30)12-10-21/h4-14,23,28,30-31H,15-17H2,1-3H3,(H,27,29,32). The fourth-order valence-electron chi connectivity index (χ4n) is 3.59. The minimum Gasteiger partial charge on any atom is -0.508 e. The number of pyridine rings is 1. The molecule has 3 aromatic rings. The fraction of sp³-hybridized carbons (Fsp3) is 0.308. The lowest BCUT2D eigenvalue weighted by Gasteiger charge is -2.28. The van der Waals surface area contributed by atoms with Crippen molar-refractivity contribution in [1.82, 2.24) is 10.3 Å². The number of nitrogens with zero attached hydrogens (tertiary/aromatic N) is 1. The molecule has 1 aromatic heterocycles. The second-order valence-corrected chi connectivity index (χ2v) is 8.76. The number of nitrogens with one attached hydrogen (secondary N) is 2. The van der Waals surface area contributed by atoms with E-state index in [9.17, 15) is 15.0 Å². The van der Waals surface area contributed by atoms with Gasteiger partial charge < -0.3 is 20.8 Å². The number of aromatic hydroxyl groups is 1. The molecule has 0 radical (unpaired) electrons. The molecule has 0 saturated heterocycles. The van der Waals surface area contributed by atoms with Gasteiger partial charge in [0.15, 0.2) is 0 Å². The lowest BCUT2D eigenvalue weighted by atomic mass is 9.93. The van der Waals surface area contributed by atoms with Gasteiger partial charge in [-0.15, -0.1) is 0 Å². The molecule has 32 heavy (non-hydrogen) atoms. The number of phenolic OH excluding ortho intramolecular Hbond substituents is 1. The van der Waals surface area contributed by atoms with Crippen molar-refractivity contribution in [3.8, 4) is 5.75 Å². The van der Waals surface area contributed by atoms with Gasteiger partial charge in [0.2, 0.25) is 5.91 Å². The van der Waals surface area contributed by atoms with Crippen molar-refractivity contribution < 1.29 is 15.0 Å². The van der Waals surface area contributed by atoms with Gasteiger partial charge in [0.1, 0.15) is 11.6 Å². The van der Waals surface area contributed by atoms with E-state index in [0.717, 1.165) is 28.7 Å². The van der Waals surface area contributed by atoms with E-state index in [1.165, 1.54) is 0 Å². The van der Waals surface area contributed by atoms with Gasteiger partial charge in [-0.1, -0.05) is 42.5 Å². The molecule has 168 valence electrons. The maximum absolute atomic E-state index is 12.5. The van der Waals surface area contributed by atoms with E-state index in [4.69, 9.17) is 0 Å². The summed E-state index contributed by atoms with van der Waals surface area (Å²) in [4.78, 5) is 16.7. The van der Waals surface area contributed by atoms with Crippen LogP contribution < -0.4 is 10.6 Å². The van der Waals surface area contributed by atoms with Crippen LogP contribution in [0, 0.1) is 6.92 Å². The van der Waals surface area contributed by atoms with Crippen LogP contribution in [0.1, 0.15) is 42.2 Å². The first-order valence-corrected chi connectivity index (χ1v) is 10.7. The van der Waals surface area contributed by atoms with Gasteiger partial charge in [0, 0.05) is 18.3 Å². The molecule has 3 rings (SSSR count). The number of hydrogen-bond acceptors (Lipinski definition) is 5. The second-order valence-electron chi connectivity index (χ2n) is 8.76. The number of β-amino-alcohol motifs (C(OH)–C–C–N with tert-alkyl or cyclic N) is 1. The first-order chi connectivity index (χ1) is 15.2. The van der Waals surface area contributed by atoms with Gasteiger partial charge in [-0.3, -0.25) is 4.79 Å². The Hall–Kier alpha value is -3.22. The van der Waals surface area contributed by atoms with Gasteiger partial charge in [-0.2, -0.15) is 0 Å². The van der Waals surface area contributed by atoms with Crippen LogP contribution >= 0.6 is 0 Å². The molecular weight excluding hydrogens is 402 g/mol. The van der Waals surface area contributed by atoms with Gasteiger partial charge in [0.25, 0.3) is 0 Å². The Morgan fingerprint density at radius 1 is 1.06 bits per heavy atom.